The Morgan fingerprint density at radius 2 is 1.50 bits per heavy atom. The molecule has 0 amide bonds. The van der Waals surface area contributed by atoms with E-state index >= 15 is 0 Å². The van der Waals surface area contributed by atoms with Crippen LogP contribution in [0.15, 0.2) is 42.5 Å². The summed E-state index contributed by atoms with van der Waals surface area (Å²) in [7, 11) is -0.592. The van der Waals surface area contributed by atoms with E-state index in [-0.39, 0.29) is 5.82 Å². The normalized spacial score (nSPS) is 18.3. The second-order valence-corrected chi connectivity index (χ2v) is 8.04. The number of ether oxygens (including phenoxy) is 1. The molecule has 3 nitrogen and oxygen atoms in total. The summed E-state index contributed by atoms with van der Waals surface area (Å²) >= 11 is 5.87. The molecule has 0 aromatic heterocycles. The molecule has 3 rings (SSSR count). The van der Waals surface area contributed by atoms with Crippen molar-refractivity contribution in [3.8, 4) is 0 Å². The van der Waals surface area contributed by atoms with Gasteiger partial charge in [-0.05, 0) is 68.6 Å². The molecule has 1 aliphatic heterocycles. The van der Waals surface area contributed by atoms with Crippen LogP contribution in [0.2, 0.25) is 5.02 Å². The third-order valence-corrected chi connectivity index (χ3v) is 5.21. The second kappa shape index (κ2) is 7.32. The van der Waals surface area contributed by atoms with Crippen molar-refractivity contribution < 1.29 is 18.4 Å². The highest BCUT2D eigenvalue weighted by Crippen LogP contribution is 2.36. The van der Waals surface area contributed by atoms with E-state index in [4.69, 9.17) is 25.6 Å². The van der Waals surface area contributed by atoms with Crippen LogP contribution >= 0.6 is 11.6 Å². The Hall–Kier alpha value is -1.40. The molecule has 0 bridgehead atoms. The Kier molecular flexibility index (Phi) is 5.45. The lowest BCUT2D eigenvalue weighted by atomic mass is 9.78. The van der Waals surface area contributed by atoms with Crippen molar-refractivity contribution in [1.29, 1.82) is 0 Å². The van der Waals surface area contributed by atoms with E-state index in [1.807, 2.05) is 58.0 Å². The highest BCUT2D eigenvalue weighted by atomic mass is 35.5. The highest BCUT2D eigenvalue weighted by Gasteiger charge is 2.51. The van der Waals surface area contributed by atoms with Crippen LogP contribution in [0.25, 0.3) is 0 Å². The average molecular weight is 377 g/mol. The van der Waals surface area contributed by atoms with Crippen LogP contribution in [0, 0.1) is 5.82 Å². The van der Waals surface area contributed by atoms with Gasteiger partial charge in [-0.25, -0.2) is 4.39 Å². The van der Waals surface area contributed by atoms with Crippen LogP contribution in [0.3, 0.4) is 0 Å². The van der Waals surface area contributed by atoms with Crippen molar-refractivity contribution in [3.63, 3.8) is 0 Å². The zero-order chi connectivity index (χ0) is 18.9. The van der Waals surface area contributed by atoms with E-state index < -0.39 is 18.3 Å². The molecule has 0 aliphatic carbocycles. The molecule has 1 fully saturated rings. The first-order chi connectivity index (χ1) is 12.2. The Bertz CT molecular complexity index is 761. The molecular formula is C20H23BClFO3. The molecule has 1 heterocycles. The molecule has 0 unspecified atom stereocenters. The van der Waals surface area contributed by atoms with Crippen molar-refractivity contribution in [2.75, 3.05) is 0 Å². The molecule has 6 heteroatoms. The number of rotatable bonds is 5. The maximum Gasteiger partial charge on any atom is 0.494 e. The summed E-state index contributed by atoms with van der Waals surface area (Å²) in [6.45, 7) is 8.63. The van der Waals surface area contributed by atoms with Gasteiger partial charge in [-0.15, -0.1) is 0 Å². The lowest BCUT2D eigenvalue weighted by molar-refractivity contribution is 0.00578. The SMILES string of the molecule is CC1(C)OB(c2cc(F)cc(COCc3ccc(Cl)cc3)c2)OC1(C)C. The summed E-state index contributed by atoms with van der Waals surface area (Å²) in [6, 6.07) is 12.2. The van der Waals surface area contributed by atoms with Gasteiger partial charge < -0.3 is 14.0 Å². The van der Waals surface area contributed by atoms with Gasteiger partial charge in [0.25, 0.3) is 0 Å². The lowest BCUT2D eigenvalue weighted by Crippen LogP contribution is -2.41. The number of halogens is 2. The van der Waals surface area contributed by atoms with Gasteiger partial charge in [0, 0.05) is 5.02 Å². The van der Waals surface area contributed by atoms with E-state index in [1.54, 1.807) is 0 Å². The Balaban J connectivity index is 1.67. The van der Waals surface area contributed by atoms with Crippen LogP contribution in [0.5, 0.6) is 0 Å². The molecule has 0 radical (unpaired) electrons. The first kappa shape index (κ1) is 19.4. The van der Waals surface area contributed by atoms with E-state index in [1.165, 1.54) is 12.1 Å². The topological polar surface area (TPSA) is 27.7 Å². The fourth-order valence-electron chi connectivity index (χ4n) is 2.74. The maximum atomic E-state index is 14.1. The largest absolute Gasteiger partial charge is 0.494 e. The molecule has 0 spiro atoms. The number of hydrogen-bond acceptors (Lipinski definition) is 3. The predicted octanol–water partition coefficient (Wildman–Crippen LogP) is 4.50. The summed E-state index contributed by atoms with van der Waals surface area (Å²) in [5.74, 6) is -0.331. The van der Waals surface area contributed by atoms with Crippen molar-refractivity contribution in [3.05, 3.63) is 64.4 Å². The van der Waals surface area contributed by atoms with Gasteiger partial charge in [-0.2, -0.15) is 0 Å². The smallest absolute Gasteiger partial charge is 0.399 e. The Morgan fingerprint density at radius 3 is 2.12 bits per heavy atom. The quantitative estimate of drug-likeness (QED) is 0.719. The number of hydrogen-bond donors (Lipinski definition) is 0. The van der Waals surface area contributed by atoms with Crippen molar-refractivity contribution in [2.24, 2.45) is 0 Å². The van der Waals surface area contributed by atoms with Gasteiger partial charge in [0.15, 0.2) is 0 Å². The zero-order valence-corrected chi connectivity index (χ0v) is 16.3. The monoisotopic (exact) mass is 376 g/mol. The lowest BCUT2D eigenvalue weighted by Gasteiger charge is -2.32. The molecule has 138 valence electrons. The van der Waals surface area contributed by atoms with Gasteiger partial charge in [0.1, 0.15) is 5.82 Å². The van der Waals surface area contributed by atoms with Crippen LogP contribution in [-0.4, -0.2) is 18.3 Å². The second-order valence-electron chi connectivity index (χ2n) is 7.60. The molecular weight excluding hydrogens is 353 g/mol. The minimum atomic E-state index is -0.592. The van der Waals surface area contributed by atoms with Crippen LogP contribution in [0.1, 0.15) is 38.8 Å². The van der Waals surface area contributed by atoms with E-state index in [2.05, 4.69) is 0 Å². The molecule has 0 N–H and O–H groups in total. The van der Waals surface area contributed by atoms with Gasteiger partial charge in [-0.3, -0.25) is 0 Å². The van der Waals surface area contributed by atoms with Crippen molar-refractivity contribution >= 4 is 24.2 Å². The number of benzene rings is 2. The predicted molar refractivity (Wildman–Crippen MR) is 102 cm³/mol. The van der Waals surface area contributed by atoms with Gasteiger partial charge in [0.05, 0.1) is 24.4 Å². The van der Waals surface area contributed by atoms with Gasteiger partial charge >= 0.3 is 7.12 Å². The Morgan fingerprint density at radius 1 is 0.923 bits per heavy atom. The maximum absolute atomic E-state index is 14.1. The fraction of sp³-hybridized carbons (Fsp3) is 0.400. The summed E-state index contributed by atoms with van der Waals surface area (Å²) in [4.78, 5) is 0. The van der Waals surface area contributed by atoms with E-state index in [9.17, 15) is 4.39 Å². The van der Waals surface area contributed by atoms with Crippen molar-refractivity contribution in [1.82, 2.24) is 0 Å². The first-order valence-corrected chi connectivity index (χ1v) is 9.01. The molecule has 26 heavy (non-hydrogen) atoms. The summed E-state index contributed by atoms with van der Waals surface area (Å²) in [5, 5.41) is 0.686. The average Bonchev–Trinajstić information content (AvgIpc) is 2.77. The molecule has 1 aliphatic rings. The third-order valence-electron chi connectivity index (χ3n) is 4.96. The molecule has 1 saturated heterocycles. The highest BCUT2D eigenvalue weighted by molar-refractivity contribution is 6.62. The minimum absolute atomic E-state index is 0.299. The van der Waals surface area contributed by atoms with Crippen LogP contribution in [-0.2, 0) is 27.3 Å². The third kappa shape index (κ3) is 4.29. The molecule has 0 atom stereocenters. The Labute approximate surface area is 159 Å². The minimum Gasteiger partial charge on any atom is -0.399 e. The first-order valence-electron chi connectivity index (χ1n) is 8.63. The standard InChI is InChI=1S/C20H23BClFO3/c1-19(2)20(3,4)26-21(25-19)16-9-15(10-18(23)11-16)13-24-12-14-5-7-17(22)8-6-14/h5-11H,12-13H2,1-4H3. The fourth-order valence-corrected chi connectivity index (χ4v) is 2.87. The van der Waals surface area contributed by atoms with E-state index in [0.29, 0.717) is 23.7 Å². The molecule has 2 aromatic carbocycles. The molecule has 0 saturated carbocycles. The summed E-state index contributed by atoms with van der Waals surface area (Å²) in [6.07, 6.45) is 0. The summed E-state index contributed by atoms with van der Waals surface area (Å²) in [5.41, 5.74) is 1.49. The van der Waals surface area contributed by atoms with Gasteiger partial charge in [0.2, 0.25) is 0 Å². The molecule has 2 aromatic rings. The van der Waals surface area contributed by atoms with Crippen LogP contribution in [0.4, 0.5) is 4.39 Å². The van der Waals surface area contributed by atoms with Crippen LogP contribution < -0.4 is 5.46 Å². The van der Waals surface area contributed by atoms with Crippen molar-refractivity contribution in [2.45, 2.75) is 52.1 Å². The summed E-state index contributed by atoms with van der Waals surface area (Å²) < 4.78 is 31.8. The van der Waals surface area contributed by atoms with E-state index in [0.717, 1.165) is 11.1 Å². The zero-order valence-electron chi connectivity index (χ0n) is 15.5. The van der Waals surface area contributed by atoms with Gasteiger partial charge in [-0.1, -0.05) is 29.8 Å².